The second-order valence-corrected chi connectivity index (χ2v) is 8.81. The smallest absolute Gasteiger partial charge is 0.227 e. The van der Waals surface area contributed by atoms with Gasteiger partial charge in [0.2, 0.25) is 5.88 Å². The van der Waals surface area contributed by atoms with Crippen molar-refractivity contribution in [2.75, 3.05) is 26.3 Å². The second kappa shape index (κ2) is 13.1. The molecule has 6 nitrogen and oxygen atoms in total. The Hall–Kier alpha value is -2.93. The summed E-state index contributed by atoms with van der Waals surface area (Å²) in [7, 11) is 0. The number of ether oxygens (including phenoxy) is 2. The van der Waals surface area contributed by atoms with E-state index in [1.165, 1.54) is 0 Å². The number of rotatable bonds is 14. The fourth-order valence-electron chi connectivity index (χ4n) is 3.95. The third-order valence-electron chi connectivity index (χ3n) is 5.33. The van der Waals surface area contributed by atoms with Gasteiger partial charge >= 0.3 is 0 Å². The van der Waals surface area contributed by atoms with E-state index in [2.05, 4.69) is 32.3 Å². The molecule has 0 spiro atoms. The summed E-state index contributed by atoms with van der Waals surface area (Å²) < 4.78 is 13.8. The second-order valence-electron chi connectivity index (χ2n) is 8.81. The van der Waals surface area contributed by atoms with Gasteiger partial charge in [-0.3, -0.25) is 4.90 Å². The molecule has 0 amide bonds. The van der Waals surface area contributed by atoms with Crippen LogP contribution in [0.25, 0.3) is 5.69 Å². The van der Waals surface area contributed by atoms with E-state index in [-0.39, 0.29) is 6.61 Å². The number of nitrogens with zero attached hydrogens (tertiary/aromatic N) is 3. The molecule has 3 aromatic rings. The fourth-order valence-corrected chi connectivity index (χ4v) is 3.95. The number of hydrogen-bond acceptors (Lipinski definition) is 5. The quantitative estimate of drug-likeness (QED) is 0.261. The minimum Gasteiger partial charge on any atom is -0.439 e. The highest BCUT2D eigenvalue weighted by Gasteiger charge is 2.24. The predicted molar refractivity (Wildman–Crippen MR) is 137 cm³/mol. The van der Waals surface area contributed by atoms with E-state index in [4.69, 9.17) is 14.6 Å². The highest BCUT2D eigenvalue weighted by Crippen LogP contribution is 2.32. The molecule has 1 heterocycles. The van der Waals surface area contributed by atoms with Crippen molar-refractivity contribution in [1.29, 1.82) is 0 Å². The number of benzene rings is 2. The van der Waals surface area contributed by atoms with Gasteiger partial charge in [0, 0.05) is 19.6 Å². The molecule has 182 valence electrons. The van der Waals surface area contributed by atoms with E-state index in [0.29, 0.717) is 31.5 Å². The lowest BCUT2D eigenvalue weighted by Gasteiger charge is -2.27. The first-order valence-electron chi connectivity index (χ1n) is 12.0. The Bertz CT molecular complexity index is 1000. The lowest BCUT2D eigenvalue weighted by atomic mass is 10.1. The highest BCUT2D eigenvalue weighted by molar-refractivity contribution is 5.43. The van der Waals surface area contributed by atoms with Crippen LogP contribution < -0.4 is 4.74 Å². The van der Waals surface area contributed by atoms with Crippen LogP contribution in [0.2, 0.25) is 0 Å². The van der Waals surface area contributed by atoms with Gasteiger partial charge in [0.15, 0.2) is 0 Å². The Morgan fingerprint density at radius 2 is 1.74 bits per heavy atom. The molecule has 0 saturated carbocycles. The van der Waals surface area contributed by atoms with Gasteiger partial charge in [0.05, 0.1) is 36.3 Å². The third-order valence-corrected chi connectivity index (χ3v) is 5.33. The minimum atomic E-state index is -0.591. The van der Waals surface area contributed by atoms with Crippen LogP contribution in [-0.4, -0.2) is 52.2 Å². The monoisotopic (exact) mass is 463 g/mol. The van der Waals surface area contributed by atoms with Gasteiger partial charge in [-0.2, -0.15) is 5.10 Å². The maximum atomic E-state index is 10.6. The lowest BCUT2D eigenvalue weighted by molar-refractivity contribution is 0.0221. The number of aliphatic hydroxyl groups is 1. The topological polar surface area (TPSA) is 59.8 Å². The summed E-state index contributed by atoms with van der Waals surface area (Å²) in [6, 6.07) is 19.8. The number of para-hydroxylation sites is 2. The zero-order valence-corrected chi connectivity index (χ0v) is 20.6. The highest BCUT2D eigenvalue weighted by atomic mass is 16.5. The molecule has 3 rings (SSSR count). The van der Waals surface area contributed by atoms with Crippen molar-refractivity contribution >= 4 is 0 Å². The van der Waals surface area contributed by atoms with Gasteiger partial charge in [-0.05, 0) is 36.6 Å². The molecular formula is C28H37N3O3. The molecule has 1 aromatic heterocycles. The van der Waals surface area contributed by atoms with E-state index >= 15 is 0 Å². The van der Waals surface area contributed by atoms with Crippen LogP contribution in [0, 0.1) is 5.92 Å². The van der Waals surface area contributed by atoms with Gasteiger partial charge < -0.3 is 14.6 Å². The number of aryl methyl sites for hydroxylation is 1. The molecule has 0 saturated heterocycles. The molecule has 0 fully saturated rings. The Kier molecular flexibility index (Phi) is 9.89. The Balaban J connectivity index is 1.96. The van der Waals surface area contributed by atoms with Gasteiger partial charge in [0.1, 0.15) is 5.75 Å². The normalized spacial score (nSPS) is 12.3. The lowest BCUT2D eigenvalue weighted by Crippen LogP contribution is -2.37. The van der Waals surface area contributed by atoms with Gasteiger partial charge in [-0.15, -0.1) is 6.58 Å². The molecule has 1 atom stereocenters. The number of hydrogen-bond donors (Lipinski definition) is 1. The van der Waals surface area contributed by atoms with E-state index in [0.717, 1.165) is 35.7 Å². The van der Waals surface area contributed by atoms with Crippen molar-refractivity contribution < 1.29 is 14.6 Å². The van der Waals surface area contributed by atoms with Crippen molar-refractivity contribution in [3.05, 3.63) is 84.6 Å². The maximum Gasteiger partial charge on any atom is 0.227 e. The average molecular weight is 464 g/mol. The van der Waals surface area contributed by atoms with Crippen molar-refractivity contribution in [2.24, 2.45) is 5.92 Å². The van der Waals surface area contributed by atoms with Crippen molar-refractivity contribution in [2.45, 2.75) is 39.8 Å². The molecule has 2 aromatic carbocycles. The van der Waals surface area contributed by atoms with Crippen LogP contribution in [0.1, 0.15) is 32.0 Å². The first-order valence-corrected chi connectivity index (χ1v) is 12.0. The molecule has 0 unspecified atom stereocenters. The first kappa shape index (κ1) is 25.7. The molecule has 6 heteroatoms. The predicted octanol–water partition coefficient (Wildman–Crippen LogP) is 5.25. The van der Waals surface area contributed by atoms with Crippen LogP contribution in [0.3, 0.4) is 0 Å². The summed E-state index contributed by atoms with van der Waals surface area (Å²) >= 11 is 0. The van der Waals surface area contributed by atoms with Crippen LogP contribution >= 0.6 is 0 Å². The number of aromatic nitrogens is 2. The molecule has 0 aliphatic rings. The van der Waals surface area contributed by atoms with E-state index < -0.39 is 6.10 Å². The fraction of sp³-hybridized carbons (Fsp3) is 0.393. The molecule has 0 aliphatic heterocycles. The van der Waals surface area contributed by atoms with Crippen molar-refractivity contribution in [1.82, 2.24) is 14.7 Å². The molecule has 34 heavy (non-hydrogen) atoms. The Morgan fingerprint density at radius 1 is 1.06 bits per heavy atom. The summed E-state index contributed by atoms with van der Waals surface area (Å²) in [5, 5.41) is 15.5. The molecule has 0 radical (unpaired) electrons. The standard InChI is InChI=1S/C28H37N3O3/c1-5-17-33-21-24(32)19-30(18-22(3)4)20-26-27(6-2)29-31(23-13-9-7-10-14-23)28(26)34-25-15-11-8-12-16-25/h5,7-16,22,24,32H,1,6,17-21H2,2-4H3/t24-/m0/s1. The van der Waals surface area contributed by atoms with Crippen LogP contribution in [0.5, 0.6) is 11.6 Å². The van der Waals surface area contributed by atoms with E-state index in [1.807, 2.05) is 65.3 Å². The SMILES string of the molecule is C=CCOC[C@@H](O)CN(Cc1c(CC)nn(-c2ccccc2)c1Oc1ccccc1)CC(C)C. The molecule has 0 aliphatic carbocycles. The zero-order chi connectivity index (χ0) is 24.3. The largest absolute Gasteiger partial charge is 0.439 e. The Morgan fingerprint density at radius 3 is 2.35 bits per heavy atom. The number of aliphatic hydroxyl groups excluding tert-OH is 1. The summed E-state index contributed by atoms with van der Waals surface area (Å²) in [4.78, 5) is 2.26. The average Bonchev–Trinajstić information content (AvgIpc) is 3.17. The van der Waals surface area contributed by atoms with Gasteiger partial charge in [-0.1, -0.05) is 63.2 Å². The zero-order valence-electron chi connectivity index (χ0n) is 20.6. The molecular weight excluding hydrogens is 426 g/mol. The first-order chi connectivity index (χ1) is 16.5. The summed E-state index contributed by atoms with van der Waals surface area (Å²) in [6.45, 7) is 12.8. The van der Waals surface area contributed by atoms with Crippen LogP contribution in [0.4, 0.5) is 0 Å². The van der Waals surface area contributed by atoms with Gasteiger partial charge in [-0.25, -0.2) is 4.68 Å². The van der Waals surface area contributed by atoms with Crippen molar-refractivity contribution in [3.63, 3.8) is 0 Å². The van der Waals surface area contributed by atoms with E-state index in [1.54, 1.807) is 6.08 Å². The maximum absolute atomic E-state index is 10.6. The van der Waals surface area contributed by atoms with Crippen LogP contribution in [-0.2, 0) is 17.7 Å². The third kappa shape index (κ3) is 7.29. The molecule has 1 N–H and O–H groups in total. The Labute approximate surface area is 203 Å². The summed E-state index contributed by atoms with van der Waals surface area (Å²) in [6.07, 6.45) is 1.88. The van der Waals surface area contributed by atoms with E-state index in [9.17, 15) is 5.11 Å². The van der Waals surface area contributed by atoms with Crippen molar-refractivity contribution in [3.8, 4) is 17.3 Å². The molecule has 0 bridgehead atoms. The summed E-state index contributed by atoms with van der Waals surface area (Å²) in [5.41, 5.74) is 2.97. The van der Waals surface area contributed by atoms with Gasteiger partial charge in [0.25, 0.3) is 0 Å². The van der Waals surface area contributed by atoms with Crippen LogP contribution in [0.15, 0.2) is 73.3 Å². The minimum absolute atomic E-state index is 0.276. The summed E-state index contributed by atoms with van der Waals surface area (Å²) in [5.74, 6) is 1.91.